The van der Waals surface area contributed by atoms with Gasteiger partial charge in [0.25, 0.3) is 0 Å². The molecule has 1 saturated heterocycles. The van der Waals surface area contributed by atoms with Gasteiger partial charge >= 0.3 is 5.97 Å². The van der Waals surface area contributed by atoms with E-state index in [1.807, 2.05) is 12.1 Å². The minimum absolute atomic E-state index is 0.0629. The maximum Gasteiger partial charge on any atom is 0.335 e. The first-order valence-corrected chi connectivity index (χ1v) is 6.40. The molecule has 1 aliphatic heterocycles. The lowest BCUT2D eigenvalue weighted by atomic mass is 9.97. The van der Waals surface area contributed by atoms with Gasteiger partial charge in [0, 0.05) is 13.1 Å². The van der Waals surface area contributed by atoms with Crippen LogP contribution < -0.4 is 5.73 Å². The lowest BCUT2D eigenvalue weighted by molar-refractivity contribution is -0.123. The van der Waals surface area contributed by atoms with Crippen LogP contribution in [0.4, 0.5) is 0 Å². The summed E-state index contributed by atoms with van der Waals surface area (Å²) in [6.45, 7) is 2.37. The topological polar surface area (TPSA) is 83.6 Å². The standard InChI is InChI=1S/C14H18N2O3/c15-13(17)12-2-1-7-16(9-12)8-10-3-5-11(6-4-10)14(18)19/h3-6,12H,1-2,7-9H2,(H2,15,17)(H,18,19). The molecule has 1 heterocycles. The molecule has 3 N–H and O–H groups in total. The van der Waals surface area contributed by atoms with Gasteiger partial charge in [0.05, 0.1) is 11.5 Å². The molecule has 1 aromatic carbocycles. The normalized spacial score (nSPS) is 20.1. The van der Waals surface area contributed by atoms with E-state index in [0.29, 0.717) is 6.54 Å². The summed E-state index contributed by atoms with van der Waals surface area (Å²) in [5.74, 6) is -1.21. The van der Waals surface area contributed by atoms with E-state index >= 15 is 0 Å². The van der Waals surface area contributed by atoms with Crippen molar-refractivity contribution in [1.29, 1.82) is 0 Å². The molecule has 0 radical (unpaired) electrons. The average Bonchev–Trinajstić information content (AvgIpc) is 2.39. The predicted octanol–water partition coefficient (Wildman–Crippen LogP) is 1.08. The number of nitrogens with two attached hydrogens (primary N) is 1. The fraction of sp³-hybridized carbons (Fsp3) is 0.429. The number of carboxylic acids is 1. The van der Waals surface area contributed by atoms with E-state index in [1.54, 1.807) is 12.1 Å². The van der Waals surface area contributed by atoms with Crippen molar-refractivity contribution in [3.63, 3.8) is 0 Å². The molecular formula is C14H18N2O3. The quantitative estimate of drug-likeness (QED) is 0.850. The number of likely N-dealkylation sites (tertiary alicyclic amines) is 1. The molecule has 0 aromatic heterocycles. The van der Waals surface area contributed by atoms with Crippen LogP contribution >= 0.6 is 0 Å². The van der Waals surface area contributed by atoms with Crippen LogP contribution in [0.5, 0.6) is 0 Å². The van der Waals surface area contributed by atoms with Crippen LogP contribution in [-0.4, -0.2) is 35.0 Å². The number of carboxylic acid groups (broad SMARTS) is 1. The second-order valence-electron chi connectivity index (χ2n) is 4.98. The van der Waals surface area contributed by atoms with Crippen LogP contribution in [0.25, 0.3) is 0 Å². The minimum Gasteiger partial charge on any atom is -0.478 e. The number of benzene rings is 1. The number of carbonyl (C=O) groups is 2. The Hall–Kier alpha value is -1.88. The SMILES string of the molecule is NC(=O)C1CCCN(Cc2ccc(C(=O)O)cc2)C1. The van der Waals surface area contributed by atoms with Crippen LogP contribution in [0.1, 0.15) is 28.8 Å². The van der Waals surface area contributed by atoms with Crippen molar-refractivity contribution in [2.45, 2.75) is 19.4 Å². The number of nitrogens with zero attached hydrogens (tertiary/aromatic N) is 1. The Morgan fingerprint density at radius 3 is 2.58 bits per heavy atom. The highest BCUT2D eigenvalue weighted by Gasteiger charge is 2.23. The van der Waals surface area contributed by atoms with E-state index in [4.69, 9.17) is 10.8 Å². The summed E-state index contributed by atoms with van der Waals surface area (Å²) in [5, 5.41) is 8.83. The number of aromatic carboxylic acids is 1. The number of hydrogen-bond donors (Lipinski definition) is 2. The first kappa shape index (κ1) is 13.5. The molecule has 0 bridgehead atoms. The van der Waals surface area contributed by atoms with Gasteiger partial charge in [-0.15, -0.1) is 0 Å². The van der Waals surface area contributed by atoms with E-state index in [1.165, 1.54) is 0 Å². The smallest absolute Gasteiger partial charge is 0.335 e. The molecule has 0 spiro atoms. The first-order valence-electron chi connectivity index (χ1n) is 6.40. The van der Waals surface area contributed by atoms with E-state index in [2.05, 4.69) is 4.90 Å². The maximum absolute atomic E-state index is 11.2. The molecule has 1 amide bonds. The monoisotopic (exact) mass is 262 g/mol. The number of carbonyl (C=O) groups excluding carboxylic acids is 1. The Bertz CT molecular complexity index is 470. The van der Waals surface area contributed by atoms with Gasteiger partial charge in [-0.25, -0.2) is 4.79 Å². The van der Waals surface area contributed by atoms with Crippen molar-refractivity contribution < 1.29 is 14.7 Å². The molecule has 5 heteroatoms. The van der Waals surface area contributed by atoms with Crippen LogP contribution in [0.15, 0.2) is 24.3 Å². The van der Waals surface area contributed by atoms with Crippen molar-refractivity contribution in [3.05, 3.63) is 35.4 Å². The first-order chi connectivity index (χ1) is 9.06. The third-order valence-electron chi connectivity index (χ3n) is 3.51. The van der Waals surface area contributed by atoms with Crippen LogP contribution in [0.3, 0.4) is 0 Å². The van der Waals surface area contributed by atoms with Crippen molar-refractivity contribution in [1.82, 2.24) is 4.90 Å². The van der Waals surface area contributed by atoms with E-state index in [0.717, 1.165) is 31.5 Å². The van der Waals surface area contributed by atoms with Gasteiger partial charge in [-0.3, -0.25) is 9.69 Å². The zero-order valence-electron chi connectivity index (χ0n) is 10.7. The van der Waals surface area contributed by atoms with E-state index in [9.17, 15) is 9.59 Å². The molecule has 0 saturated carbocycles. The summed E-state index contributed by atoms with van der Waals surface area (Å²) < 4.78 is 0. The van der Waals surface area contributed by atoms with Crippen molar-refractivity contribution in [2.24, 2.45) is 11.7 Å². The fourth-order valence-corrected chi connectivity index (χ4v) is 2.44. The molecule has 1 aliphatic rings. The Morgan fingerprint density at radius 2 is 2.00 bits per heavy atom. The zero-order valence-corrected chi connectivity index (χ0v) is 10.7. The summed E-state index contributed by atoms with van der Waals surface area (Å²) >= 11 is 0. The number of rotatable bonds is 4. The molecule has 1 aromatic rings. The summed E-state index contributed by atoms with van der Waals surface area (Å²) in [4.78, 5) is 24.1. The summed E-state index contributed by atoms with van der Waals surface area (Å²) in [6, 6.07) is 6.84. The maximum atomic E-state index is 11.2. The van der Waals surface area contributed by atoms with Crippen molar-refractivity contribution in [2.75, 3.05) is 13.1 Å². The summed E-state index contributed by atoms with van der Waals surface area (Å²) in [6.07, 6.45) is 1.84. The largest absolute Gasteiger partial charge is 0.478 e. The molecule has 5 nitrogen and oxygen atoms in total. The molecule has 102 valence electrons. The van der Waals surface area contributed by atoms with Gasteiger partial charge in [-0.05, 0) is 37.1 Å². The Labute approximate surface area is 112 Å². The Balaban J connectivity index is 1.96. The minimum atomic E-state index is -0.918. The van der Waals surface area contributed by atoms with Gasteiger partial charge in [0.1, 0.15) is 0 Å². The van der Waals surface area contributed by atoms with Crippen LogP contribution in [0, 0.1) is 5.92 Å². The highest BCUT2D eigenvalue weighted by molar-refractivity contribution is 5.87. The highest BCUT2D eigenvalue weighted by Crippen LogP contribution is 2.18. The number of hydrogen-bond acceptors (Lipinski definition) is 3. The van der Waals surface area contributed by atoms with Gasteiger partial charge in [0.15, 0.2) is 0 Å². The van der Waals surface area contributed by atoms with Gasteiger partial charge in [-0.2, -0.15) is 0 Å². The number of piperidine rings is 1. The molecule has 1 atom stereocenters. The lowest BCUT2D eigenvalue weighted by Crippen LogP contribution is -2.40. The summed E-state index contributed by atoms with van der Waals surface area (Å²) in [5.41, 5.74) is 6.69. The molecule has 2 rings (SSSR count). The zero-order chi connectivity index (χ0) is 13.8. The fourth-order valence-electron chi connectivity index (χ4n) is 2.44. The van der Waals surface area contributed by atoms with Crippen LogP contribution in [-0.2, 0) is 11.3 Å². The molecular weight excluding hydrogens is 244 g/mol. The number of primary amides is 1. The van der Waals surface area contributed by atoms with Crippen LogP contribution in [0.2, 0.25) is 0 Å². The molecule has 0 aliphatic carbocycles. The molecule has 19 heavy (non-hydrogen) atoms. The second kappa shape index (κ2) is 5.84. The highest BCUT2D eigenvalue weighted by atomic mass is 16.4. The lowest BCUT2D eigenvalue weighted by Gasteiger charge is -2.31. The van der Waals surface area contributed by atoms with Crippen molar-refractivity contribution >= 4 is 11.9 Å². The van der Waals surface area contributed by atoms with Gasteiger partial charge in [-0.1, -0.05) is 12.1 Å². The molecule has 1 fully saturated rings. The Morgan fingerprint density at radius 1 is 1.32 bits per heavy atom. The third kappa shape index (κ3) is 3.54. The third-order valence-corrected chi connectivity index (χ3v) is 3.51. The van der Waals surface area contributed by atoms with Crippen molar-refractivity contribution in [3.8, 4) is 0 Å². The Kier molecular flexibility index (Phi) is 4.16. The number of amides is 1. The average molecular weight is 262 g/mol. The van der Waals surface area contributed by atoms with E-state index in [-0.39, 0.29) is 17.4 Å². The molecule has 1 unspecified atom stereocenters. The van der Waals surface area contributed by atoms with Gasteiger partial charge < -0.3 is 10.8 Å². The predicted molar refractivity (Wildman–Crippen MR) is 70.6 cm³/mol. The summed E-state index contributed by atoms with van der Waals surface area (Å²) in [7, 11) is 0. The second-order valence-corrected chi connectivity index (χ2v) is 4.98. The van der Waals surface area contributed by atoms with E-state index < -0.39 is 5.97 Å². The van der Waals surface area contributed by atoms with Gasteiger partial charge in [0.2, 0.25) is 5.91 Å².